The molecule has 1 aliphatic heterocycles. The Morgan fingerprint density at radius 2 is 2.33 bits per heavy atom. The van der Waals surface area contributed by atoms with Gasteiger partial charge in [-0.2, -0.15) is 0 Å². The van der Waals surface area contributed by atoms with Crippen molar-refractivity contribution in [2.45, 2.75) is 26.0 Å². The number of hydrogen-bond donors (Lipinski definition) is 0. The fourth-order valence-corrected chi connectivity index (χ4v) is 2.77. The van der Waals surface area contributed by atoms with Crippen LogP contribution >= 0.6 is 11.6 Å². The van der Waals surface area contributed by atoms with Gasteiger partial charge in [0.25, 0.3) is 5.56 Å². The Morgan fingerprint density at radius 3 is 3.14 bits per heavy atom. The fourth-order valence-electron chi connectivity index (χ4n) is 2.61. The Hall–Kier alpha value is -1.43. The smallest absolute Gasteiger partial charge is 0.258 e. The first-order valence-corrected chi connectivity index (χ1v) is 7.55. The lowest BCUT2D eigenvalue weighted by molar-refractivity contribution is -0.0328. The largest absolute Gasteiger partial charge is 0.376 e. The van der Waals surface area contributed by atoms with E-state index in [1.165, 1.54) is 4.40 Å². The summed E-state index contributed by atoms with van der Waals surface area (Å²) in [7, 11) is 0. The number of ether oxygens (including phenoxy) is 1. The third-order valence-electron chi connectivity index (χ3n) is 3.74. The zero-order valence-corrected chi connectivity index (χ0v) is 12.7. The second-order valence-electron chi connectivity index (χ2n) is 5.30. The molecule has 21 heavy (non-hydrogen) atoms. The van der Waals surface area contributed by atoms with Crippen molar-refractivity contribution in [1.82, 2.24) is 14.3 Å². The van der Waals surface area contributed by atoms with Crippen molar-refractivity contribution in [3.63, 3.8) is 0 Å². The highest BCUT2D eigenvalue weighted by Crippen LogP contribution is 2.12. The van der Waals surface area contributed by atoms with E-state index in [4.69, 9.17) is 16.3 Å². The summed E-state index contributed by atoms with van der Waals surface area (Å²) in [5.41, 5.74) is 1.32. The van der Waals surface area contributed by atoms with Gasteiger partial charge in [0.15, 0.2) is 0 Å². The molecule has 0 aromatic carbocycles. The first kappa shape index (κ1) is 14.5. The third kappa shape index (κ3) is 3.26. The summed E-state index contributed by atoms with van der Waals surface area (Å²) in [6.07, 6.45) is 2.87. The van der Waals surface area contributed by atoms with Gasteiger partial charge in [-0.3, -0.25) is 14.1 Å². The number of aromatic nitrogens is 2. The average molecular weight is 308 g/mol. The highest BCUT2D eigenvalue weighted by Gasteiger charge is 2.19. The molecular weight excluding hydrogens is 290 g/mol. The van der Waals surface area contributed by atoms with E-state index in [1.54, 1.807) is 24.4 Å². The van der Waals surface area contributed by atoms with Crippen LogP contribution in [0.15, 0.2) is 29.2 Å². The molecular formula is C15H18ClN3O2. The van der Waals surface area contributed by atoms with Crippen LogP contribution < -0.4 is 5.56 Å². The van der Waals surface area contributed by atoms with E-state index in [2.05, 4.69) is 16.8 Å². The standard InChI is InChI=1S/C15H18ClN3O2/c1-2-13-10-18(5-6-21-13)9-12-7-15(20)19-8-11(16)3-4-14(19)17-12/h3-4,7-8,13H,2,5-6,9-10H2,1H3. The van der Waals surface area contributed by atoms with Crippen LogP contribution in [0, 0.1) is 0 Å². The lowest BCUT2D eigenvalue weighted by Gasteiger charge is -2.32. The molecule has 2 aromatic heterocycles. The Balaban J connectivity index is 1.84. The van der Waals surface area contributed by atoms with Crippen LogP contribution in [0.5, 0.6) is 0 Å². The minimum Gasteiger partial charge on any atom is -0.376 e. The number of hydrogen-bond acceptors (Lipinski definition) is 4. The number of halogens is 1. The van der Waals surface area contributed by atoms with E-state index >= 15 is 0 Å². The van der Waals surface area contributed by atoms with Crippen LogP contribution in [0.4, 0.5) is 0 Å². The van der Waals surface area contributed by atoms with Crippen LogP contribution in [-0.2, 0) is 11.3 Å². The second-order valence-corrected chi connectivity index (χ2v) is 5.73. The van der Waals surface area contributed by atoms with Gasteiger partial charge in [-0.1, -0.05) is 18.5 Å². The molecule has 1 aliphatic rings. The highest BCUT2D eigenvalue weighted by molar-refractivity contribution is 6.30. The summed E-state index contributed by atoms with van der Waals surface area (Å²) in [4.78, 5) is 19.0. The number of fused-ring (bicyclic) bond motifs is 1. The van der Waals surface area contributed by atoms with Crippen molar-refractivity contribution in [3.8, 4) is 0 Å². The quantitative estimate of drug-likeness (QED) is 0.869. The number of nitrogens with zero attached hydrogens (tertiary/aromatic N) is 3. The molecule has 0 bridgehead atoms. The van der Waals surface area contributed by atoms with Gasteiger partial charge in [0.05, 0.1) is 23.4 Å². The van der Waals surface area contributed by atoms with Crippen molar-refractivity contribution in [2.24, 2.45) is 0 Å². The van der Waals surface area contributed by atoms with Crippen LogP contribution in [0.1, 0.15) is 19.0 Å². The zero-order valence-electron chi connectivity index (χ0n) is 12.0. The lowest BCUT2D eigenvalue weighted by Crippen LogP contribution is -2.41. The fraction of sp³-hybridized carbons (Fsp3) is 0.467. The van der Waals surface area contributed by atoms with E-state index in [-0.39, 0.29) is 11.7 Å². The van der Waals surface area contributed by atoms with Crippen LogP contribution in [0.25, 0.3) is 5.65 Å². The summed E-state index contributed by atoms with van der Waals surface area (Å²) in [6.45, 7) is 5.30. The molecule has 0 amide bonds. The molecule has 0 saturated carbocycles. The van der Waals surface area contributed by atoms with E-state index in [0.29, 0.717) is 17.2 Å². The molecule has 0 spiro atoms. The van der Waals surface area contributed by atoms with Crippen LogP contribution in [0.2, 0.25) is 5.02 Å². The lowest BCUT2D eigenvalue weighted by atomic mass is 10.2. The maximum atomic E-state index is 12.1. The SMILES string of the molecule is CCC1CN(Cc2cc(=O)n3cc(Cl)ccc3n2)CCO1. The monoisotopic (exact) mass is 307 g/mol. The molecule has 0 radical (unpaired) electrons. The van der Waals surface area contributed by atoms with Gasteiger partial charge in [-0.25, -0.2) is 4.98 Å². The average Bonchev–Trinajstić information content (AvgIpc) is 2.48. The number of pyridine rings is 1. The molecule has 1 saturated heterocycles. The third-order valence-corrected chi connectivity index (χ3v) is 3.96. The van der Waals surface area contributed by atoms with Crippen molar-refractivity contribution < 1.29 is 4.74 Å². The summed E-state index contributed by atoms with van der Waals surface area (Å²) >= 11 is 5.91. The molecule has 1 unspecified atom stereocenters. The van der Waals surface area contributed by atoms with Gasteiger partial charge < -0.3 is 4.74 Å². The molecule has 0 N–H and O–H groups in total. The zero-order chi connectivity index (χ0) is 14.8. The van der Waals surface area contributed by atoms with Crippen molar-refractivity contribution in [1.29, 1.82) is 0 Å². The molecule has 6 heteroatoms. The Bertz CT molecular complexity index is 701. The molecule has 112 valence electrons. The van der Waals surface area contributed by atoms with Crippen molar-refractivity contribution in [2.75, 3.05) is 19.7 Å². The minimum absolute atomic E-state index is 0.0993. The maximum absolute atomic E-state index is 12.1. The van der Waals surface area contributed by atoms with E-state index in [9.17, 15) is 4.79 Å². The van der Waals surface area contributed by atoms with Gasteiger partial charge in [-0.05, 0) is 18.6 Å². The normalized spacial score (nSPS) is 20.0. The van der Waals surface area contributed by atoms with Crippen molar-refractivity contribution >= 4 is 17.2 Å². The summed E-state index contributed by atoms with van der Waals surface area (Å²) < 4.78 is 7.13. The number of morpholine rings is 1. The van der Waals surface area contributed by atoms with Gasteiger partial charge in [0.2, 0.25) is 0 Å². The molecule has 1 fully saturated rings. The van der Waals surface area contributed by atoms with E-state index in [0.717, 1.165) is 31.8 Å². The number of rotatable bonds is 3. The van der Waals surface area contributed by atoms with E-state index < -0.39 is 0 Å². The molecule has 0 aliphatic carbocycles. The maximum Gasteiger partial charge on any atom is 0.258 e. The van der Waals surface area contributed by atoms with Gasteiger partial charge in [0.1, 0.15) is 5.65 Å². The van der Waals surface area contributed by atoms with Crippen LogP contribution in [0.3, 0.4) is 0 Å². The molecule has 2 aromatic rings. The molecule has 3 rings (SSSR count). The van der Waals surface area contributed by atoms with Crippen LogP contribution in [-0.4, -0.2) is 40.1 Å². The second kappa shape index (κ2) is 6.13. The van der Waals surface area contributed by atoms with Crippen molar-refractivity contribution in [3.05, 3.63) is 45.5 Å². The summed E-state index contributed by atoms with van der Waals surface area (Å²) in [6, 6.07) is 5.09. The molecule has 5 nitrogen and oxygen atoms in total. The first-order valence-electron chi connectivity index (χ1n) is 7.17. The Kier molecular flexibility index (Phi) is 4.24. The predicted molar refractivity (Wildman–Crippen MR) is 81.8 cm³/mol. The van der Waals surface area contributed by atoms with Gasteiger partial charge in [0, 0.05) is 31.9 Å². The first-order chi connectivity index (χ1) is 10.2. The minimum atomic E-state index is -0.0993. The summed E-state index contributed by atoms with van der Waals surface area (Å²) in [5, 5.41) is 0.526. The topological polar surface area (TPSA) is 46.8 Å². The van der Waals surface area contributed by atoms with Gasteiger partial charge >= 0.3 is 0 Å². The van der Waals surface area contributed by atoms with Gasteiger partial charge in [-0.15, -0.1) is 0 Å². The Morgan fingerprint density at radius 1 is 1.48 bits per heavy atom. The Labute approximate surface area is 128 Å². The molecule has 1 atom stereocenters. The van der Waals surface area contributed by atoms with E-state index in [1.807, 2.05) is 0 Å². The highest BCUT2D eigenvalue weighted by atomic mass is 35.5. The summed E-state index contributed by atoms with van der Waals surface area (Å²) in [5.74, 6) is 0. The molecule has 3 heterocycles. The predicted octanol–water partition coefficient (Wildman–Crippen LogP) is 1.96.